The fraction of sp³-hybridized carbons (Fsp3) is 0.423. The lowest BCUT2D eigenvalue weighted by Gasteiger charge is -2.36. The number of nitrogens with one attached hydrogen (secondary N) is 1. The molecule has 0 radical (unpaired) electrons. The molecule has 6 heteroatoms. The van der Waals surface area contributed by atoms with E-state index in [4.69, 9.17) is 0 Å². The summed E-state index contributed by atoms with van der Waals surface area (Å²) in [6, 6.07) is 14.5. The van der Waals surface area contributed by atoms with E-state index < -0.39 is 0 Å². The Morgan fingerprint density at radius 1 is 0.969 bits per heavy atom. The van der Waals surface area contributed by atoms with Crippen LogP contribution in [-0.4, -0.2) is 53.7 Å². The van der Waals surface area contributed by atoms with Crippen LogP contribution in [0.15, 0.2) is 48.5 Å². The Bertz CT molecular complexity index is 981. The molecule has 32 heavy (non-hydrogen) atoms. The van der Waals surface area contributed by atoms with Crippen molar-refractivity contribution in [2.24, 2.45) is 5.92 Å². The van der Waals surface area contributed by atoms with Crippen LogP contribution in [0, 0.1) is 12.8 Å². The largest absolute Gasteiger partial charge is 0.342 e. The van der Waals surface area contributed by atoms with Crippen molar-refractivity contribution in [3.8, 4) is 0 Å². The first kappa shape index (κ1) is 22.1. The highest BCUT2D eigenvalue weighted by Gasteiger charge is 2.27. The predicted octanol–water partition coefficient (Wildman–Crippen LogP) is 4.11. The molecular formula is C26H31N3O3. The summed E-state index contributed by atoms with van der Waals surface area (Å²) >= 11 is 0. The molecule has 4 rings (SSSR count). The van der Waals surface area contributed by atoms with Gasteiger partial charge in [-0.1, -0.05) is 24.3 Å². The fourth-order valence-electron chi connectivity index (χ4n) is 4.54. The molecule has 2 saturated heterocycles. The van der Waals surface area contributed by atoms with E-state index in [1.54, 1.807) is 18.2 Å². The molecule has 0 atom stereocenters. The van der Waals surface area contributed by atoms with Crippen molar-refractivity contribution in [2.45, 2.75) is 39.0 Å². The summed E-state index contributed by atoms with van der Waals surface area (Å²) in [6.07, 6.45) is 4.61. The normalized spacial score (nSPS) is 17.3. The Morgan fingerprint density at radius 3 is 2.44 bits per heavy atom. The summed E-state index contributed by atoms with van der Waals surface area (Å²) in [5.41, 5.74) is 2.74. The predicted molar refractivity (Wildman–Crippen MR) is 125 cm³/mol. The monoisotopic (exact) mass is 433 g/mol. The first-order valence-electron chi connectivity index (χ1n) is 11.6. The number of likely N-dealkylation sites (tertiary alicyclic amines) is 2. The summed E-state index contributed by atoms with van der Waals surface area (Å²) in [7, 11) is 0. The second-order valence-corrected chi connectivity index (χ2v) is 8.88. The van der Waals surface area contributed by atoms with Crippen molar-refractivity contribution in [2.75, 3.05) is 31.5 Å². The van der Waals surface area contributed by atoms with Crippen LogP contribution in [0.3, 0.4) is 0 Å². The lowest BCUT2D eigenvalue weighted by molar-refractivity contribution is -0.134. The van der Waals surface area contributed by atoms with Crippen molar-refractivity contribution in [1.82, 2.24) is 9.80 Å². The highest BCUT2D eigenvalue weighted by Crippen LogP contribution is 2.24. The number of piperidine rings is 2. The fourth-order valence-corrected chi connectivity index (χ4v) is 4.54. The molecule has 0 aliphatic carbocycles. The minimum Gasteiger partial charge on any atom is -0.342 e. The van der Waals surface area contributed by atoms with Crippen LogP contribution in [0.4, 0.5) is 5.69 Å². The quantitative estimate of drug-likeness (QED) is 0.771. The maximum atomic E-state index is 13.1. The summed E-state index contributed by atoms with van der Waals surface area (Å²) < 4.78 is 0. The van der Waals surface area contributed by atoms with E-state index in [0.29, 0.717) is 42.2 Å². The minimum absolute atomic E-state index is 0.00675. The van der Waals surface area contributed by atoms with E-state index in [9.17, 15) is 14.4 Å². The molecule has 3 amide bonds. The lowest BCUT2D eigenvalue weighted by atomic mass is 9.94. The van der Waals surface area contributed by atoms with Gasteiger partial charge in [0.1, 0.15) is 0 Å². The van der Waals surface area contributed by atoms with E-state index in [-0.39, 0.29) is 17.7 Å². The smallest absolute Gasteiger partial charge is 0.255 e. The third kappa shape index (κ3) is 5.18. The van der Waals surface area contributed by atoms with Crippen LogP contribution in [0.5, 0.6) is 0 Å². The lowest BCUT2D eigenvalue weighted by Crippen LogP contribution is -2.44. The standard InChI is InChI=1S/C26H31N3O3/c1-19-10-11-22(17-23(19)27-25(31)21-7-3-2-4-8-21)26(32)28-15-12-20(13-16-28)18-29-14-6-5-9-24(29)30/h2-4,7-8,10-11,17,20H,5-6,9,12-16,18H2,1H3,(H,27,31). The van der Waals surface area contributed by atoms with Crippen LogP contribution in [-0.2, 0) is 4.79 Å². The van der Waals surface area contributed by atoms with Gasteiger partial charge in [0, 0.05) is 49.4 Å². The average Bonchev–Trinajstić information content (AvgIpc) is 2.82. The molecule has 2 aromatic carbocycles. The van der Waals surface area contributed by atoms with Crippen molar-refractivity contribution in [1.29, 1.82) is 0 Å². The maximum absolute atomic E-state index is 13.1. The molecule has 2 aliphatic rings. The molecule has 0 spiro atoms. The number of anilines is 1. The number of hydrogen-bond acceptors (Lipinski definition) is 3. The maximum Gasteiger partial charge on any atom is 0.255 e. The van der Waals surface area contributed by atoms with Gasteiger partial charge < -0.3 is 15.1 Å². The van der Waals surface area contributed by atoms with Gasteiger partial charge >= 0.3 is 0 Å². The van der Waals surface area contributed by atoms with E-state index >= 15 is 0 Å². The zero-order valence-corrected chi connectivity index (χ0v) is 18.7. The average molecular weight is 434 g/mol. The molecule has 168 valence electrons. The Balaban J connectivity index is 1.36. The van der Waals surface area contributed by atoms with Crippen molar-refractivity contribution < 1.29 is 14.4 Å². The second kappa shape index (κ2) is 9.98. The number of aryl methyl sites for hydroxylation is 1. The molecule has 0 saturated carbocycles. The topological polar surface area (TPSA) is 69.7 Å². The van der Waals surface area contributed by atoms with Crippen molar-refractivity contribution in [3.63, 3.8) is 0 Å². The Kier molecular flexibility index (Phi) is 6.88. The van der Waals surface area contributed by atoms with Gasteiger partial charge in [-0.15, -0.1) is 0 Å². The zero-order valence-electron chi connectivity index (χ0n) is 18.7. The molecular weight excluding hydrogens is 402 g/mol. The van der Waals surface area contributed by atoms with Gasteiger partial charge in [0.15, 0.2) is 0 Å². The number of benzene rings is 2. The van der Waals surface area contributed by atoms with Crippen LogP contribution in [0.2, 0.25) is 0 Å². The van der Waals surface area contributed by atoms with E-state index in [0.717, 1.165) is 44.3 Å². The second-order valence-electron chi connectivity index (χ2n) is 8.88. The summed E-state index contributed by atoms with van der Waals surface area (Å²) in [6.45, 7) is 5.01. The van der Waals surface area contributed by atoms with Gasteiger partial charge in [0.2, 0.25) is 5.91 Å². The van der Waals surface area contributed by atoms with Gasteiger partial charge in [-0.05, 0) is 68.4 Å². The van der Waals surface area contributed by atoms with Gasteiger partial charge in [0.25, 0.3) is 11.8 Å². The van der Waals surface area contributed by atoms with Crippen LogP contribution >= 0.6 is 0 Å². The van der Waals surface area contributed by atoms with Crippen LogP contribution < -0.4 is 5.32 Å². The van der Waals surface area contributed by atoms with Crippen LogP contribution in [0.1, 0.15) is 58.4 Å². The number of nitrogens with zero attached hydrogens (tertiary/aromatic N) is 2. The van der Waals surface area contributed by atoms with Crippen molar-refractivity contribution in [3.05, 3.63) is 65.2 Å². The van der Waals surface area contributed by atoms with E-state index in [1.807, 2.05) is 47.1 Å². The van der Waals surface area contributed by atoms with Crippen molar-refractivity contribution >= 4 is 23.4 Å². The number of hydrogen-bond donors (Lipinski definition) is 1. The Morgan fingerprint density at radius 2 is 1.72 bits per heavy atom. The molecule has 0 bridgehead atoms. The number of carbonyl (C=O) groups is 3. The highest BCUT2D eigenvalue weighted by atomic mass is 16.2. The van der Waals surface area contributed by atoms with Gasteiger partial charge in [-0.3, -0.25) is 14.4 Å². The Labute approximate surface area is 189 Å². The number of amides is 3. The molecule has 2 aliphatic heterocycles. The third-order valence-electron chi connectivity index (χ3n) is 6.57. The molecule has 0 unspecified atom stereocenters. The zero-order chi connectivity index (χ0) is 22.5. The first-order chi connectivity index (χ1) is 15.5. The van der Waals surface area contributed by atoms with E-state index in [2.05, 4.69) is 5.32 Å². The third-order valence-corrected chi connectivity index (χ3v) is 6.57. The first-order valence-corrected chi connectivity index (χ1v) is 11.6. The SMILES string of the molecule is Cc1ccc(C(=O)N2CCC(CN3CCCCC3=O)CC2)cc1NC(=O)c1ccccc1. The number of carbonyl (C=O) groups excluding carboxylic acids is 3. The molecule has 2 aromatic rings. The Hall–Kier alpha value is -3.15. The van der Waals surface area contributed by atoms with Crippen LogP contribution in [0.25, 0.3) is 0 Å². The summed E-state index contributed by atoms with van der Waals surface area (Å²) in [5, 5.41) is 2.93. The highest BCUT2D eigenvalue weighted by molar-refractivity contribution is 6.05. The number of rotatable bonds is 5. The van der Waals surface area contributed by atoms with Gasteiger partial charge in [-0.25, -0.2) is 0 Å². The van der Waals surface area contributed by atoms with Gasteiger partial charge in [-0.2, -0.15) is 0 Å². The van der Waals surface area contributed by atoms with E-state index in [1.165, 1.54) is 0 Å². The molecule has 2 fully saturated rings. The molecule has 1 N–H and O–H groups in total. The molecule has 0 aromatic heterocycles. The summed E-state index contributed by atoms with van der Waals surface area (Å²) in [5.74, 6) is 0.540. The van der Waals surface area contributed by atoms with Gasteiger partial charge in [0.05, 0.1) is 0 Å². The molecule has 2 heterocycles. The minimum atomic E-state index is -0.189. The summed E-state index contributed by atoms with van der Waals surface area (Å²) in [4.78, 5) is 41.6. The molecule has 6 nitrogen and oxygen atoms in total.